The van der Waals surface area contributed by atoms with Gasteiger partial charge >= 0.3 is 6.03 Å². The Morgan fingerprint density at radius 1 is 1.53 bits per heavy atom. The maximum absolute atomic E-state index is 11.8. The van der Waals surface area contributed by atoms with E-state index in [0.717, 1.165) is 31.4 Å². The van der Waals surface area contributed by atoms with Gasteiger partial charge < -0.3 is 15.4 Å². The number of hydrogen-bond acceptors (Lipinski definition) is 3. The van der Waals surface area contributed by atoms with E-state index in [9.17, 15) is 4.79 Å². The van der Waals surface area contributed by atoms with Gasteiger partial charge in [0, 0.05) is 11.8 Å². The van der Waals surface area contributed by atoms with E-state index in [-0.39, 0.29) is 24.2 Å². The summed E-state index contributed by atoms with van der Waals surface area (Å²) in [6, 6.07) is 0.456. The van der Waals surface area contributed by atoms with Crippen molar-refractivity contribution in [3.8, 4) is 0 Å². The highest BCUT2D eigenvalue weighted by Gasteiger charge is 2.41. The van der Waals surface area contributed by atoms with Crippen LogP contribution in [0.25, 0.3) is 0 Å². The zero-order chi connectivity index (χ0) is 12.3. The van der Waals surface area contributed by atoms with E-state index < -0.39 is 0 Å². The number of hydrogen-bond donors (Lipinski definition) is 2. The van der Waals surface area contributed by atoms with E-state index in [0.29, 0.717) is 6.10 Å². The lowest BCUT2D eigenvalue weighted by Gasteiger charge is -2.22. The first-order chi connectivity index (χ1) is 8.22. The number of ether oxygens (including phenoxy) is 1. The van der Waals surface area contributed by atoms with Gasteiger partial charge in [-0.15, -0.1) is 0 Å². The van der Waals surface area contributed by atoms with Crippen molar-refractivity contribution in [1.29, 1.82) is 0 Å². The summed E-state index contributed by atoms with van der Waals surface area (Å²) in [6.45, 7) is 2.10. The van der Waals surface area contributed by atoms with E-state index in [4.69, 9.17) is 4.74 Å². The largest absolute Gasteiger partial charge is 0.373 e. The van der Waals surface area contributed by atoms with Crippen LogP contribution in [0.15, 0.2) is 0 Å². The van der Waals surface area contributed by atoms with Crippen molar-refractivity contribution >= 4 is 17.8 Å². The fourth-order valence-electron chi connectivity index (χ4n) is 2.65. The Morgan fingerprint density at radius 3 is 2.88 bits per heavy atom. The van der Waals surface area contributed by atoms with Gasteiger partial charge in [0.05, 0.1) is 18.2 Å². The van der Waals surface area contributed by atoms with Gasteiger partial charge in [0.15, 0.2) is 0 Å². The van der Waals surface area contributed by atoms with Crippen molar-refractivity contribution in [2.75, 3.05) is 12.0 Å². The summed E-state index contributed by atoms with van der Waals surface area (Å²) < 4.78 is 5.72. The van der Waals surface area contributed by atoms with Crippen LogP contribution in [0.1, 0.15) is 32.6 Å². The number of amides is 2. The van der Waals surface area contributed by atoms with Gasteiger partial charge in [-0.25, -0.2) is 4.79 Å². The van der Waals surface area contributed by atoms with Crippen LogP contribution >= 0.6 is 11.8 Å². The van der Waals surface area contributed by atoms with Crippen molar-refractivity contribution in [2.24, 2.45) is 0 Å². The molecule has 0 aromatic heterocycles. The highest BCUT2D eigenvalue weighted by molar-refractivity contribution is 7.98. The lowest BCUT2D eigenvalue weighted by Crippen LogP contribution is -2.49. The molecular formula is C12H22N2O2S. The topological polar surface area (TPSA) is 50.4 Å². The molecule has 2 rings (SSSR count). The lowest BCUT2D eigenvalue weighted by molar-refractivity contribution is 0.0980. The monoisotopic (exact) mass is 258 g/mol. The molecule has 98 valence electrons. The van der Waals surface area contributed by atoms with E-state index in [1.165, 1.54) is 0 Å². The Morgan fingerprint density at radius 2 is 2.35 bits per heavy atom. The molecule has 2 saturated heterocycles. The molecule has 17 heavy (non-hydrogen) atoms. The first kappa shape index (κ1) is 13.0. The Kier molecular flexibility index (Phi) is 4.56. The average molecular weight is 258 g/mol. The van der Waals surface area contributed by atoms with Crippen molar-refractivity contribution in [3.63, 3.8) is 0 Å². The second kappa shape index (κ2) is 5.96. The van der Waals surface area contributed by atoms with E-state index in [1.54, 1.807) is 11.8 Å². The Hall–Kier alpha value is -0.420. The van der Waals surface area contributed by atoms with E-state index in [1.807, 2.05) is 0 Å². The molecule has 0 spiro atoms. The van der Waals surface area contributed by atoms with Gasteiger partial charge in [0.1, 0.15) is 0 Å². The molecule has 2 fully saturated rings. The fourth-order valence-corrected chi connectivity index (χ4v) is 3.37. The van der Waals surface area contributed by atoms with Crippen molar-refractivity contribution in [3.05, 3.63) is 0 Å². The molecule has 5 heteroatoms. The minimum Gasteiger partial charge on any atom is -0.373 e. The van der Waals surface area contributed by atoms with Gasteiger partial charge in [-0.2, -0.15) is 11.8 Å². The summed E-state index contributed by atoms with van der Waals surface area (Å²) in [5.41, 5.74) is 0. The third-order valence-electron chi connectivity index (χ3n) is 3.62. The van der Waals surface area contributed by atoms with Crippen LogP contribution in [0.2, 0.25) is 0 Å². The minimum absolute atomic E-state index is 0.0351. The average Bonchev–Trinajstić information content (AvgIpc) is 2.90. The predicted octanol–water partition coefficient (Wildman–Crippen LogP) is 1.75. The number of urea groups is 1. The molecular weight excluding hydrogens is 236 g/mol. The number of rotatable bonds is 5. The number of carbonyl (C=O) groups excluding carboxylic acids is 1. The standard InChI is InChI=1S/C12H22N2O2S/c1-3-8(7-17-2)13-12(15)14-10-6-9-4-5-11(10)16-9/h8-11H,3-7H2,1-2H3,(H2,13,14,15)/t8-,9-,10-,11-/m1/s1. The summed E-state index contributed by atoms with van der Waals surface area (Å²) in [6.07, 6.45) is 6.92. The Balaban J connectivity index is 1.73. The van der Waals surface area contributed by atoms with Crippen molar-refractivity contribution in [1.82, 2.24) is 10.6 Å². The Labute approximate surface area is 107 Å². The van der Waals surface area contributed by atoms with Crippen molar-refractivity contribution in [2.45, 2.75) is 56.9 Å². The second-order valence-electron chi connectivity index (χ2n) is 4.89. The molecule has 2 bridgehead atoms. The van der Waals surface area contributed by atoms with E-state index >= 15 is 0 Å². The third kappa shape index (κ3) is 3.28. The molecule has 2 aliphatic heterocycles. The first-order valence-corrected chi connectivity index (χ1v) is 7.83. The molecule has 0 aliphatic carbocycles. The molecule has 0 saturated carbocycles. The highest BCUT2D eigenvalue weighted by Crippen LogP contribution is 2.34. The van der Waals surface area contributed by atoms with Gasteiger partial charge in [-0.3, -0.25) is 0 Å². The van der Waals surface area contributed by atoms with Crippen molar-refractivity contribution < 1.29 is 9.53 Å². The zero-order valence-electron chi connectivity index (χ0n) is 10.6. The molecule has 2 aliphatic rings. The molecule has 4 atom stereocenters. The summed E-state index contributed by atoms with van der Waals surface area (Å²) in [4.78, 5) is 11.8. The van der Waals surface area contributed by atoms with Crippen LogP contribution in [0.5, 0.6) is 0 Å². The molecule has 2 N–H and O–H groups in total. The summed E-state index contributed by atoms with van der Waals surface area (Å²) in [5, 5.41) is 6.08. The molecule has 0 aromatic carbocycles. The third-order valence-corrected chi connectivity index (χ3v) is 4.35. The molecule has 0 radical (unpaired) electrons. The quantitative estimate of drug-likeness (QED) is 0.790. The van der Waals surface area contributed by atoms with Crippen LogP contribution in [0.4, 0.5) is 4.79 Å². The van der Waals surface area contributed by atoms with Gasteiger partial charge in [0.25, 0.3) is 0 Å². The zero-order valence-corrected chi connectivity index (χ0v) is 11.4. The second-order valence-corrected chi connectivity index (χ2v) is 5.81. The van der Waals surface area contributed by atoms with Crippen LogP contribution in [0, 0.1) is 0 Å². The molecule has 0 aromatic rings. The molecule has 2 amide bonds. The van der Waals surface area contributed by atoms with Gasteiger partial charge in [0.2, 0.25) is 0 Å². The number of fused-ring (bicyclic) bond motifs is 2. The highest BCUT2D eigenvalue weighted by atomic mass is 32.2. The summed E-state index contributed by atoms with van der Waals surface area (Å²) >= 11 is 1.76. The van der Waals surface area contributed by atoms with Gasteiger partial charge in [-0.1, -0.05) is 6.92 Å². The summed E-state index contributed by atoms with van der Waals surface area (Å²) in [7, 11) is 0. The number of thioether (sulfide) groups is 1. The maximum atomic E-state index is 11.8. The van der Waals surface area contributed by atoms with Crippen LogP contribution < -0.4 is 10.6 Å². The SMILES string of the molecule is CC[C@H](CSC)NC(=O)N[C@@H]1C[C@H]2CC[C@H]1O2. The minimum atomic E-state index is -0.0351. The molecule has 0 unspecified atom stereocenters. The smallest absolute Gasteiger partial charge is 0.315 e. The number of carbonyl (C=O) groups is 1. The van der Waals surface area contributed by atoms with Crippen LogP contribution in [-0.2, 0) is 4.74 Å². The van der Waals surface area contributed by atoms with E-state index in [2.05, 4.69) is 23.8 Å². The molecule has 4 nitrogen and oxygen atoms in total. The maximum Gasteiger partial charge on any atom is 0.315 e. The predicted molar refractivity (Wildman–Crippen MR) is 70.4 cm³/mol. The Bertz CT molecular complexity index is 275. The van der Waals surface area contributed by atoms with Gasteiger partial charge in [-0.05, 0) is 31.9 Å². The lowest BCUT2D eigenvalue weighted by atomic mass is 9.96. The normalized spacial score (nSPS) is 32.5. The molecule has 2 heterocycles. The summed E-state index contributed by atoms with van der Waals surface area (Å²) in [5.74, 6) is 0.969. The van der Waals surface area contributed by atoms with Crippen LogP contribution in [0.3, 0.4) is 0 Å². The van der Waals surface area contributed by atoms with Crippen LogP contribution in [-0.4, -0.2) is 42.3 Å². The first-order valence-electron chi connectivity index (χ1n) is 6.44. The number of nitrogens with one attached hydrogen (secondary N) is 2. The fraction of sp³-hybridized carbons (Fsp3) is 0.917.